The van der Waals surface area contributed by atoms with Crippen LogP contribution in [0.3, 0.4) is 0 Å². The van der Waals surface area contributed by atoms with Crippen LogP contribution < -0.4 is 4.90 Å². The summed E-state index contributed by atoms with van der Waals surface area (Å²) in [4.78, 5) is 2.38. The lowest BCUT2D eigenvalue weighted by Gasteiger charge is -2.27. The van der Waals surface area contributed by atoms with E-state index < -0.39 is 0 Å². The Kier molecular flexibility index (Phi) is 5.86. The van der Waals surface area contributed by atoms with Gasteiger partial charge in [0.05, 0.1) is 0 Å². The summed E-state index contributed by atoms with van der Waals surface area (Å²) in [7, 11) is 0. The summed E-state index contributed by atoms with van der Waals surface area (Å²) in [6.45, 7) is 4.67. The zero-order valence-electron chi connectivity index (χ0n) is 22.9. The van der Waals surface area contributed by atoms with E-state index in [4.69, 9.17) is 0 Å². The molecular weight excluding hydrogens is 482 g/mol. The molecule has 1 nitrogen and oxygen atoms in total. The molecule has 0 heterocycles. The van der Waals surface area contributed by atoms with Gasteiger partial charge in [-0.15, -0.1) is 0 Å². The van der Waals surface area contributed by atoms with Gasteiger partial charge >= 0.3 is 0 Å². The highest BCUT2D eigenvalue weighted by Gasteiger charge is 2.35. The van der Waals surface area contributed by atoms with Gasteiger partial charge in [-0.3, -0.25) is 0 Å². The third-order valence-electron chi connectivity index (χ3n) is 8.27. The van der Waals surface area contributed by atoms with Crippen molar-refractivity contribution in [1.82, 2.24) is 0 Å². The van der Waals surface area contributed by atoms with Gasteiger partial charge in [-0.1, -0.05) is 129 Å². The highest BCUT2D eigenvalue weighted by molar-refractivity contribution is 5.87. The van der Waals surface area contributed by atoms with Crippen molar-refractivity contribution in [2.24, 2.45) is 0 Å². The summed E-state index contributed by atoms with van der Waals surface area (Å²) < 4.78 is 0. The standard InChI is InChI=1S/C39H31N/c1-39(2)37-19-10-9-18-35(37)36-27-34(24-25-38(36)39)40(32-22-20-30(21-23-32)28-12-5-3-6-13-28)33-17-11-16-31(26-33)29-14-7-4-8-15-29/h3-27H,1-2H3. The minimum Gasteiger partial charge on any atom is -0.310 e. The molecule has 0 saturated heterocycles. The maximum atomic E-state index is 2.38. The molecule has 0 saturated carbocycles. The third-order valence-corrected chi connectivity index (χ3v) is 8.27. The smallest absolute Gasteiger partial charge is 0.0468 e. The Bertz CT molecular complexity index is 1800. The van der Waals surface area contributed by atoms with Gasteiger partial charge in [0.25, 0.3) is 0 Å². The van der Waals surface area contributed by atoms with E-state index >= 15 is 0 Å². The van der Waals surface area contributed by atoms with Gasteiger partial charge in [0.15, 0.2) is 0 Å². The maximum absolute atomic E-state index is 2.38. The van der Waals surface area contributed by atoms with Crippen molar-refractivity contribution in [3.8, 4) is 33.4 Å². The zero-order valence-corrected chi connectivity index (χ0v) is 22.9. The molecule has 1 heteroatoms. The number of anilines is 3. The molecule has 1 aliphatic rings. The lowest BCUT2D eigenvalue weighted by molar-refractivity contribution is 0.660. The molecule has 6 aromatic carbocycles. The molecule has 0 aromatic heterocycles. The molecule has 0 aliphatic heterocycles. The van der Waals surface area contributed by atoms with E-state index in [1.165, 1.54) is 44.5 Å². The third kappa shape index (κ3) is 4.12. The second kappa shape index (κ2) is 9.70. The van der Waals surface area contributed by atoms with Gasteiger partial charge < -0.3 is 4.90 Å². The van der Waals surface area contributed by atoms with Gasteiger partial charge in [0.1, 0.15) is 0 Å². The first-order valence-electron chi connectivity index (χ1n) is 14.0. The average molecular weight is 514 g/mol. The Labute approximate surface area is 237 Å². The lowest BCUT2D eigenvalue weighted by Crippen LogP contribution is -2.15. The van der Waals surface area contributed by atoms with Crippen LogP contribution in [-0.2, 0) is 5.41 Å². The Balaban J connectivity index is 1.38. The summed E-state index contributed by atoms with van der Waals surface area (Å²) >= 11 is 0. The molecule has 0 bridgehead atoms. The largest absolute Gasteiger partial charge is 0.310 e. The van der Waals surface area contributed by atoms with Crippen LogP contribution in [0, 0.1) is 0 Å². The fourth-order valence-electron chi connectivity index (χ4n) is 6.18. The molecule has 0 N–H and O–H groups in total. The normalized spacial score (nSPS) is 12.9. The molecule has 40 heavy (non-hydrogen) atoms. The Hall–Kier alpha value is -4.88. The van der Waals surface area contributed by atoms with Gasteiger partial charge in [-0.2, -0.15) is 0 Å². The topological polar surface area (TPSA) is 3.24 Å². The van der Waals surface area contributed by atoms with Crippen LogP contribution in [0.5, 0.6) is 0 Å². The molecule has 0 spiro atoms. The highest BCUT2D eigenvalue weighted by atomic mass is 15.1. The minimum absolute atomic E-state index is 0.0140. The number of nitrogens with zero attached hydrogens (tertiary/aromatic N) is 1. The quantitative estimate of drug-likeness (QED) is 0.222. The van der Waals surface area contributed by atoms with Crippen LogP contribution in [0.15, 0.2) is 152 Å². The Morgan fingerprint density at radius 3 is 1.62 bits per heavy atom. The van der Waals surface area contributed by atoms with Crippen molar-refractivity contribution in [1.29, 1.82) is 0 Å². The van der Waals surface area contributed by atoms with Crippen LogP contribution in [-0.4, -0.2) is 0 Å². The zero-order chi connectivity index (χ0) is 27.1. The second-order valence-electron chi connectivity index (χ2n) is 11.1. The summed E-state index contributed by atoms with van der Waals surface area (Å²) in [5, 5.41) is 0. The first-order valence-corrected chi connectivity index (χ1v) is 14.0. The molecule has 0 radical (unpaired) electrons. The van der Waals surface area contributed by atoms with Crippen molar-refractivity contribution < 1.29 is 0 Å². The monoisotopic (exact) mass is 513 g/mol. The van der Waals surface area contributed by atoms with E-state index in [2.05, 4.69) is 170 Å². The summed E-state index contributed by atoms with van der Waals surface area (Å²) in [5.41, 5.74) is 13.7. The highest BCUT2D eigenvalue weighted by Crippen LogP contribution is 2.50. The van der Waals surface area contributed by atoms with Gasteiger partial charge in [-0.25, -0.2) is 0 Å². The van der Waals surface area contributed by atoms with Crippen LogP contribution >= 0.6 is 0 Å². The molecule has 192 valence electrons. The maximum Gasteiger partial charge on any atom is 0.0468 e. The predicted molar refractivity (Wildman–Crippen MR) is 170 cm³/mol. The Morgan fingerprint density at radius 2 is 0.900 bits per heavy atom. The number of fused-ring (bicyclic) bond motifs is 3. The molecule has 0 atom stereocenters. The first kappa shape index (κ1) is 24.2. The summed E-state index contributed by atoms with van der Waals surface area (Å²) in [5.74, 6) is 0. The predicted octanol–water partition coefficient (Wildman–Crippen LogP) is 10.8. The number of rotatable bonds is 5. The summed E-state index contributed by atoms with van der Waals surface area (Å²) in [6, 6.07) is 54.8. The molecule has 0 fully saturated rings. The molecule has 6 aromatic rings. The fraction of sp³-hybridized carbons (Fsp3) is 0.0769. The molecule has 0 unspecified atom stereocenters. The summed E-state index contributed by atoms with van der Waals surface area (Å²) in [6.07, 6.45) is 0. The van der Waals surface area contributed by atoms with Crippen molar-refractivity contribution in [3.05, 3.63) is 163 Å². The van der Waals surface area contributed by atoms with E-state index in [9.17, 15) is 0 Å². The minimum atomic E-state index is -0.0140. The molecule has 7 rings (SSSR count). The van der Waals surface area contributed by atoms with Crippen molar-refractivity contribution in [2.45, 2.75) is 19.3 Å². The number of hydrogen-bond acceptors (Lipinski definition) is 1. The number of hydrogen-bond donors (Lipinski definition) is 0. The van der Waals surface area contributed by atoms with Crippen LogP contribution in [0.1, 0.15) is 25.0 Å². The van der Waals surface area contributed by atoms with Crippen LogP contribution in [0.2, 0.25) is 0 Å². The lowest BCUT2D eigenvalue weighted by atomic mass is 9.82. The fourth-order valence-corrected chi connectivity index (χ4v) is 6.18. The number of benzene rings is 6. The Morgan fingerprint density at radius 1 is 0.375 bits per heavy atom. The van der Waals surface area contributed by atoms with Gasteiger partial charge in [0, 0.05) is 22.5 Å². The van der Waals surface area contributed by atoms with E-state index in [0.717, 1.165) is 17.1 Å². The van der Waals surface area contributed by atoms with E-state index in [1.807, 2.05) is 0 Å². The van der Waals surface area contributed by atoms with Gasteiger partial charge in [0.2, 0.25) is 0 Å². The SMILES string of the molecule is CC1(C)c2ccccc2-c2cc(N(c3ccc(-c4ccccc4)cc3)c3cccc(-c4ccccc4)c3)ccc21. The van der Waals surface area contributed by atoms with E-state index in [0.29, 0.717) is 0 Å². The van der Waals surface area contributed by atoms with Crippen LogP contribution in [0.25, 0.3) is 33.4 Å². The van der Waals surface area contributed by atoms with E-state index in [1.54, 1.807) is 0 Å². The molecule has 1 aliphatic carbocycles. The van der Waals surface area contributed by atoms with Crippen molar-refractivity contribution >= 4 is 17.1 Å². The van der Waals surface area contributed by atoms with Crippen LogP contribution in [0.4, 0.5) is 17.1 Å². The van der Waals surface area contributed by atoms with Gasteiger partial charge in [-0.05, 0) is 80.9 Å². The van der Waals surface area contributed by atoms with E-state index in [-0.39, 0.29) is 5.41 Å². The molecule has 0 amide bonds. The van der Waals surface area contributed by atoms with Crippen molar-refractivity contribution in [3.63, 3.8) is 0 Å². The first-order chi connectivity index (χ1) is 19.6. The molecular formula is C39H31N. The second-order valence-corrected chi connectivity index (χ2v) is 11.1. The average Bonchev–Trinajstić information content (AvgIpc) is 3.25. The van der Waals surface area contributed by atoms with Crippen molar-refractivity contribution in [2.75, 3.05) is 4.90 Å².